The van der Waals surface area contributed by atoms with Gasteiger partial charge in [-0.25, -0.2) is 4.98 Å². The Morgan fingerprint density at radius 3 is 2.52 bits per heavy atom. The average molecular weight is 363 g/mol. The molecule has 0 aliphatic rings. The van der Waals surface area contributed by atoms with E-state index < -0.39 is 23.6 Å². The summed E-state index contributed by atoms with van der Waals surface area (Å²) < 4.78 is 51.0. The molecule has 0 saturated heterocycles. The topological polar surface area (TPSA) is 42.0 Å². The van der Waals surface area contributed by atoms with E-state index in [2.05, 4.69) is 26.2 Å². The van der Waals surface area contributed by atoms with Crippen molar-refractivity contribution in [2.24, 2.45) is 0 Å². The molecular formula is C13H7BrF4N2O. The van der Waals surface area contributed by atoms with Crippen LogP contribution in [0.4, 0.5) is 23.2 Å². The number of hydrogen-bond donors (Lipinski definition) is 1. The SMILES string of the molecule is O=C(Nc1cc(C(F)(F)F)ccc1Br)c1cccc(F)n1. The molecule has 2 rings (SSSR count). The van der Waals surface area contributed by atoms with Gasteiger partial charge in [-0.05, 0) is 46.3 Å². The van der Waals surface area contributed by atoms with E-state index in [4.69, 9.17) is 0 Å². The maximum atomic E-state index is 12.9. The molecule has 2 aromatic rings. The minimum Gasteiger partial charge on any atom is -0.320 e. The number of halogens is 5. The summed E-state index contributed by atoms with van der Waals surface area (Å²) in [4.78, 5) is 15.2. The summed E-state index contributed by atoms with van der Waals surface area (Å²) in [6, 6.07) is 6.40. The molecule has 1 aromatic heterocycles. The first-order chi connectivity index (χ1) is 9.77. The van der Waals surface area contributed by atoms with Crippen LogP contribution in [0.5, 0.6) is 0 Å². The Labute approximate surface area is 125 Å². The lowest BCUT2D eigenvalue weighted by Crippen LogP contribution is -2.15. The van der Waals surface area contributed by atoms with E-state index in [1.165, 1.54) is 12.1 Å². The van der Waals surface area contributed by atoms with Gasteiger partial charge in [0.1, 0.15) is 5.69 Å². The normalized spacial score (nSPS) is 11.3. The van der Waals surface area contributed by atoms with Gasteiger partial charge in [0.2, 0.25) is 5.95 Å². The molecular weight excluding hydrogens is 356 g/mol. The second-order valence-corrected chi connectivity index (χ2v) is 4.85. The predicted octanol–water partition coefficient (Wildman–Crippen LogP) is 4.25. The Bertz CT molecular complexity index is 688. The summed E-state index contributed by atoms with van der Waals surface area (Å²) in [5, 5.41) is 2.25. The molecule has 1 N–H and O–H groups in total. The van der Waals surface area contributed by atoms with Crippen LogP contribution in [0.2, 0.25) is 0 Å². The molecule has 0 fully saturated rings. The molecule has 0 radical (unpaired) electrons. The summed E-state index contributed by atoms with van der Waals surface area (Å²) in [7, 11) is 0. The van der Waals surface area contributed by atoms with E-state index in [1.54, 1.807) is 0 Å². The van der Waals surface area contributed by atoms with Crippen molar-refractivity contribution in [3.8, 4) is 0 Å². The zero-order valence-corrected chi connectivity index (χ0v) is 11.8. The number of anilines is 1. The van der Waals surface area contributed by atoms with Crippen molar-refractivity contribution < 1.29 is 22.4 Å². The summed E-state index contributed by atoms with van der Waals surface area (Å²) >= 11 is 3.04. The summed E-state index contributed by atoms with van der Waals surface area (Å²) in [5.74, 6) is -1.67. The van der Waals surface area contributed by atoms with E-state index in [-0.39, 0.29) is 15.9 Å². The van der Waals surface area contributed by atoms with Crippen LogP contribution in [0.1, 0.15) is 16.1 Å². The van der Waals surface area contributed by atoms with Crippen LogP contribution in [0.3, 0.4) is 0 Å². The second-order valence-electron chi connectivity index (χ2n) is 3.99. The quantitative estimate of drug-likeness (QED) is 0.640. The van der Waals surface area contributed by atoms with Crippen molar-refractivity contribution in [2.75, 3.05) is 5.32 Å². The maximum Gasteiger partial charge on any atom is 0.416 e. The Morgan fingerprint density at radius 1 is 1.19 bits per heavy atom. The van der Waals surface area contributed by atoms with Gasteiger partial charge in [-0.1, -0.05) is 6.07 Å². The number of benzene rings is 1. The lowest BCUT2D eigenvalue weighted by atomic mass is 10.2. The van der Waals surface area contributed by atoms with Gasteiger partial charge in [-0.3, -0.25) is 4.79 Å². The van der Waals surface area contributed by atoms with E-state index in [1.807, 2.05) is 0 Å². The van der Waals surface area contributed by atoms with Crippen LogP contribution in [0, 0.1) is 5.95 Å². The number of aromatic nitrogens is 1. The lowest BCUT2D eigenvalue weighted by Gasteiger charge is -2.11. The average Bonchev–Trinajstić information content (AvgIpc) is 2.40. The highest BCUT2D eigenvalue weighted by Crippen LogP contribution is 2.34. The van der Waals surface area contributed by atoms with Crippen LogP contribution in [0.25, 0.3) is 0 Å². The van der Waals surface area contributed by atoms with Crippen molar-refractivity contribution in [3.05, 3.63) is 58.1 Å². The van der Waals surface area contributed by atoms with Crippen molar-refractivity contribution in [1.29, 1.82) is 0 Å². The van der Waals surface area contributed by atoms with Gasteiger partial charge in [-0.2, -0.15) is 17.6 Å². The van der Waals surface area contributed by atoms with Crippen molar-refractivity contribution >= 4 is 27.5 Å². The van der Waals surface area contributed by atoms with Gasteiger partial charge in [0, 0.05) is 4.47 Å². The molecule has 0 bridgehead atoms. The zero-order chi connectivity index (χ0) is 15.6. The fourth-order valence-electron chi connectivity index (χ4n) is 1.52. The highest BCUT2D eigenvalue weighted by Gasteiger charge is 2.31. The van der Waals surface area contributed by atoms with Crippen molar-refractivity contribution in [1.82, 2.24) is 4.98 Å². The third kappa shape index (κ3) is 3.78. The third-order valence-electron chi connectivity index (χ3n) is 2.49. The molecule has 1 aromatic carbocycles. The number of nitrogens with zero attached hydrogens (tertiary/aromatic N) is 1. The Hall–Kier alpha value is -1.96. The zero-order valence-electron chi connectivity index (χ0n) is 10.2. The first-order valence-electron chi connectivity index (χ1n) is 5.58. The fourth-order valence-corrected chi connectivity index (χ4v) is 1.86. The number of hydrogen-bond acceptors (Lipinski definition) is 2. The molecule has 3 nitrogen and oxygen atoms in total. The standard InChI is InChI=1S/C13H7BrF4N2O/c14-8-5-4-7(13(16,17)18)6-10(8)20-12(21)9-2-1-3-11(15)19-9/h1-6H,(H,20,21). The van der Waals surface area contributed by atoms with Crippen LogP contribution in [-0.4, -0.2) is 10.9 Å². The van der Waals surface area contributed by atoms with Crippen molar-refractivity contribution in [3.63, 3.8) is 0 Å². The molecule has 0 spiro atoms. The first kappa shape index (κ1) is 15.4. The monoisotopic (exact) mass is 362 g/mol. The fraction of sp³-hybridized carbons (Fsp3) is 0.0769. The number of rotatable bonds is 2. The molecule has 0 aliphatic heterocycles. The van der Waals surface area contributed by atoms with Gasteiger partial charge in [0.05, 0.1) is 11.3 Å². The van der Waals surface area contributed by atoms with Gasteiger partial charge in [0.25, 0.3) is 5.91 Å². The van der Waals surface area contributed by atoms with Crippen LogP contribution in [0.15, 0.2) is 40.9 Å². The second kappa shape index (κ2) is 5.80. The van der Waals surface area contributed by atoms with Crippen LogP contribution < -0.4 is 5.32 Å². The molecule has 21 heavy (non-hydrogen) atoms. The van der Waals surface area contributed by atoms with Crippen LogP contribution in [-0.2, 0) is 6.18 Å². The number of pyridine rings is 1. The molecule has 0 unspecified atom stereocenters. The highest BCUT2D eigenvalue weighted by molar-refractivity contribution is 9.10. The highest BCUT2D eigenvalue weighted by atomic mass is 79.9. The maximum absolute atomic E-state index is 12.9. The number of amides is 1. The van der Waals surface area contributed by atoms with Gasteiger partial charge >= 0.3 is 6.18 Å². The minimum absolute atomic E-state index is 0.0825. The molecule has 1 heterocycles. The Kier molecular flexibility index (Phi) is 4.26. The Morgan fingerprint density at radius 2 is 1.90 bits per heavy atom. The molecule has 0 aliphatic carbocycles. The number of carbonyl (C=O) groups excluding carboxylic acids is 1. The van der Waals surface area contributed by atoms with E-state index in [0.29, 0.717) is 0 Å². The molecule has 8 heteroatoms. The molecule has 110 valence electrons. The van der Waals surface area contributed by atoms with Crippen LogP contribution >= 0.6 is 15.9 Å². The van der Waals surface area contributed by atoms with E-state index >= 15 is 0 Å². The van der Waals surface area contributed by atoms with Gasteiger partial charge < -0.3 is 5.32 Å². The van der Waals surface area contributed by atoms with E-state index in [0.717, 1.165) is 24.3 Å². The molecule has 0 saturated carbocycles. The molecule has 1 amide bonds. The summed E-state index contributed by atoms with van der Waals surface area (Å²) in [6.45, 7) is 0. The number of carbonyl (C=O) groups is 1. The first-order valence-corrected chi connectivity index (χ1v) is 6.37. The smallest absolute Gasteiger partial charge is 0.320 e. The van der Waals surface area contributed by atoms with Gasteiger partial charge in [0.15, 0.2) is 0 Å². The minimum atomic E-state index is -4.53. The van der Waals surface area contributed by atoms with Crippen molar-refractivity contribution in [2.45, 2.75) is 6.18 Å². The largest absolute Gasteiger partial charge is 0.416 e. The number of nitrogens with one attached hydrogen (secondary N) is 1. The predicted molar refractivity (Wildman–Crippen MR) is 71.3 cm³/mol. The van der Waals surface area contributed by atoms with Gasteiger partial charge in [-0.15, -0.1) is 0 Å². The third-order valence-corrected chi connectivity index (χ3v) is 3.18. The number of alkyl halides is 3. The summed E-state index contributed by atoms with van der Waals surface area (Å²) in [6.07, 6.45) is -4.53. The Balaban J connectivity index is 2.29. The lowest BCUT2D eigenvalue weighted by molar-refractivity contribution is -0.137. The summed E-state index contributed by atoms with van der Waals surface area (Å²) in [5.41, 5.74) is -1.23. The molecule has 0 atom stereocenters. The van der Waals surface area contributed by atoms with E-state index in [9.17, 15) is 22.4 Å².